The summed E-state index contributed by atoms with van der Waals surface area (Å²) in [5.41, 5.74) is 1.24. The van der Waals surface area contributed by atoms with E-state index in [0.717, 1.165) is 5.56 Å². The van der Waals surface area contributed by atoms with Gasteiger partial charge in [0.1, 0.15) is 6.61 Å². The minimum absolute atomic E-state index is 0.0566. The van der Waals surface area contributed by atoms with Crippen LogP contribution in [0.3, 0.4) is 0 Å². The smallest absolute Gasteiger partial charge is 0.250 e. The lowest BCUT2D eigenvalue weighted by molar-refractivity contribution is -0.120. The van der Waals surface area contributed by atoms with E-state index in [-0.39, 0.29) is 17.4 Å². The summed E-state index contributed by atoms with van der Waals surface area (Å²) in [5.74, 6) is -0.316. The number of benzene rings is 1. The Morgan fingerprint density at radius 3 is 2.63 bits per heavy atom. The summed E-state index contributed by atoms with van der Waals surface area (Å²) in [5, 5.41) is 2.63. The van der Waals surface area contributed by atoms with Crippen LogP contribution in [0.1, 0.15) is 12.5 Å². The maximum Gasteiger partial charge on any atom is 0.250 e. The lowest BCUT2D eigenvalue weighted by Crippen LogP contribution is -2.21. The van der Waals surface area contributed by atoms with Crippen LogP contribution in [0, 0.1) is 6.92 Å². The third-order valence-corrected chi connectivity index (χ3v) is 3.91. The van der Waals surface area contributed by atoms with Gasteiger partial charge in [0, 0.05) is 12.3 Å². The van der Waals surface area contributed by atoms with Gasteiger partial charge in [0.25, 0.3) is 0 Å². The highest BCUT2D eigenvalue weighted by molar-refractivity contribution is 7.89. The van der Waals surface area contributed by atoms with Crippen LogP contribution in [-0.2, 0) is 19.6 Å². The van der Waals surface area contributed by atoms with E-state index in [2.05, 4.69) is 10.0 Å². The van der Waals surface area contributed by atoms with Gasteiger partial charge >= 0.3 is 0 Å². The van der Waals surface area contributed by atoms with E-state index in [4.69, 9.17) is 4.74 Å². The molecule has 6 nitrogen and oxygen atoms in total. The predicted octanol–water partition coefficient (Wildman–Crippen LogP) is 0.878. The Morgan fingerprint density at radius 1 is 1.37 bits per heavy atom. The van der Waals surface area contributed by atoms with Crippen LogP contribution >= 0.6 is 0 Å². The molecule has 19 heavy (non-hydrogen) atoms. The zero-order valence-electron chi connectivity index (χ0n) is 11.2. The number of hydrogen-bond donors (Lipinski definition) is 2. The zero-order chi connectivity index (χ0) is 14.5. The predicted molar refractivity (Wildman–Crippen MR) is 72.5 cm³/mol. The summed E-state index contributed by atoms with van der Waals surface area (Å²) in [7, 11) is -2.19. The van der Waals surface area contributed by atoms with E-state index < -0.39 is 10.0 Å². The molecule has 7 heteroatoms. The second kappa shape index (κ2) is 6.65. The maximum absolute atomic E-state index is 11.7. The lowest BCUT2D eigenvalue weighted by Gasteiger charge is -2.10. The number of ether oxygens (including phenoxy) is 1. The summed E-state index contributed by atoms with van der Waals surface area (Å²) < 4.78 is 30.6. The molecule has 0 aromatic heterocycles. The molecule has 0 fully saturated rings. The fourth-order valence-corrected chi connectivity index (χ4v) is 2.16. The molecule has 0 bridgehead atoms. The monoisotopic (exact) mass is 286 g/mol. The Morgan fingerprint density at radius 2 is 2.05 bits per heavy atom. The van der Waals surface area contributed by atoms with Crippen molar-refractivity contribution in [3.8, 4) is 0 Å². The van der Waals surface area contributed by atoms with E-state index in [1.807, 2.05) is 0 Å². The molecule has 1 rings (SSSR count). The molecule has 1 amide bonds. The molecule has 0 spiro atoms. The van der Waals surface area contributed by atoms with E-state index in [1.54, 1.807) is 19.9 Å². The van der Waals surface area contributed by atoms with Crippen LogP contribution in [0.2, 0.25) is 0 Å². The van der Waals surface area contributed by atoms with Crippen molar-refractivity contribution in [3.63, 3.8) is 0 Å². The third-order valence-electron chi connectivity index (χ3n) is 2.50. The molecule has 1 aromatic rings. The van der Waals surface area contributed by atoms with Gasteiger partial charge in [-0.15, -0.1) is 0 Å². The molecule has 0 atom stereocenters. The molecule has 1 aromatic carbocycles. The number of hydrogen-bond acceptors (Lipinski definition) is 4. The number of anilines is 1. The Labute approximate surface area is 113 Å². The van der Waals surface area contributed by atoms with Gasteiger partial charge in [-0.2, -0.15) is 0 Å². The summed E-state index contributed by atoms with van der Waals surface area (Å²) in [6.07, 6.45) is 0. The molecule has 0 saturated heterocycles. The van der Waals surface area contributed by atoms with E-state index >= 15 is 0 Å². The average molecular weight is 286 g/mol. The minimum atomic E-state index is -3.52. The zero-order valence-corrected chi connectivity index (χ0v) is 12.0. The number of nitrogens with one attached hydrogen (secondary N) is 2. The van der Waals surface area contributed by atoms with Crippen molar-refractivity contribution in [2.75, 3.05) is 25.6 Å². The molecule has 2 N–H and O–H groups in total. The second-order valence-corrected chi connectivity index (χ2v) is 5.76. The molecule has 0 saturated carbocycles. The van der Waals surface area contributed by atoms with E-state index in [9.17, 15) is 13.2 Å². The van der Waals surface area contributed by atoms with Crippen molar-refractivity contribution in [2.45, 2.75) is 18.7 Å². The first-order chi connectivity index (χ1) is 8.90. The van der Waals surface area contributed by atoms with Gasteiger partial charge in [0.05, 0.1) is 4.90 Å². The number of carbonyl (C=O) groups excluding carboxylic acids is 1. The SMILES string of the molecule is CCOCC(=O)Nc1cc(S(=O)(=O)NC)ccc1C. The normalized spacial score (nSPS) is 11.3. The lowest BCUT2D eigenvalue weighted by atomic mass is 10.2. The second-order valence-electron chi connectivity index (χ2n) is 3.87. The van der Waals surface area contributed by atoms with Gasteiger partial charge in [-0.1, -0.05) is 6.07 Å². The quantitative estimate of drug-likeness (QED) is 0.813. The van der Waals surface area contributed by atoms with Gasteiger partial charge in [0.15, 0.2) is 0 Å². The Bertz CT molecular complexity index is 555. The molecule has 106 valence electrons. The fourth-order valence-electron chi connectivity index (χ4n) is 1.40. The number of amides is 1. The van der Waals surface area contributed by atoms with Crippen molar-refractivity contribution in [3.05, 3.63) is 23.8 Å². The average Bonchev–Trinajstić information content (AvgIpc) is 2.38. The number of carbonyl (C=O) groups is 1. The van der Waals surface area contributed by atoms with Crippen LogP contribution in [0.5, 0.6) is 0 Å². The number of sulfonamides is 1. The van der Waals surface area contributed by atoms with Crippen LogP contribution in [0.4, 0.5) is 5.69 Å². The number of aryl methyl sites for hydroxylation is 1. The van der Waals surface area contributed by atoms with Gasteiger partial charge < -0.3 is 10.1 Å². The largest absolute Gasteiger partial charge is 0.372 e. The molecule has 0 aliphatic carbocycles. The highest BCUT2D eigenvalue weighted by Gasteiger charge is 2.14. The number of rotatable bonds is 6. The highest BCUT2D eigenvalue weighted by atomic mass is 32.2. The molecule has 0 aliphatic heterocycles. The highest BCUT2D eigenvalue weighted by Crippen LogP contribution is 2.19. The molecular formula is C12H18N2O4S. The van der Waals surface area contributed by atoms with Gasteiger partial charge in [-0.05, 0) is 38.6 Å². The summed E-state index contributed by atoms with van der Waals surface area (Å²) in [6, 6.07) is 4.55. The van der Waals surface area contributed by atoms with Crippen molar-refractivity contribution >= 4 is 21.6 Å². The Balaban J connectivity index is 2.95. The van der Waals surface area contributed by atoms with Crippen molar-refractivity contribution < 1.29 is 17.9 Å². The first kappa shape index (κ1) is 15.6. The first-order valence-corrected chi connectivity index (χ1v) is 7.30. The van der Waals surface area contributed by atoms with Crippen LogP contribution in [0.25, 0.3) is 0 Å². The topological polar surface area (TPSA) is 84.5 Å². The molecule has 0 heterocycles. The van der Waals surface area contributed by atoms with Crippen molar-refractivity contribution in [1.29, 1.82) is 0 Å². The summed E-state index contributed by atoms with van der Waals surface area (Å²) in [6.45, 7) is 3.96. The summed E-state index contributed by atoms with van der Waals surface area (Å²) >= 11 is 0. The standard InChI is InChI=1S/C12H18N2O4S/c1-4-18-8-12(15)14-11-7-10(6-5-9(11)2)19(16,17)13-3/h5-7,13H,4,8H2,1-3H3,(H,14,15). The van der Waals surface area contributed by atoms with Crippen molar-refractivity contribution in [2.24, 2.45) is 0 Å². The molecule has 0 radical (unpaired) electrons. The molecule has 0 unspecified atom stereocenters. The summed E-state index contributed by atoms with van der Waals surface area (Å²) in [4.78, 5) is 11.7. The third kappa shape index (κ3) is 4.30. The Kier molecular flexibility index (Phi) is 5.46. The van der Waals surface area contributed by atoms with Gasteiger partial charge in [-0.3, -0.25) is 4.79 Å². The van der Waals surface area contributed by atoms with Crippen molar-refractivity contribution in [1.82, 2.24) is 4.72 Å². The Hall–Kier alpha value is -1.44. The van der Waals surface area contributed by atoms with Crippen LogP contribution in [-0.4, -0.2) is 34.6 Å². The van der Waals surface area contributed by atoms with Gasteiger partial charge in [0.2, 0.25) is 15.9 Å². The van der Waals surface area contributed by atoms with E-state index in [1.165, 1.54) is 19.2 Å². The van der Waals surface area contributed by atoms with Crippen LogP contribution < -0.4 is 10.0 Å². The molecule has 0 aliphatic rings. The van der Waals surface area contributed by atoms with Gasteiger partial charge in [-0.25, -0.2) is 13.1 Å². The first-order valence-electron chi connectivity index (χ1n) is 5.82. The maximum atomic E-state index is 11.7. The van der Waals surface area contributed by atoms with E-state index in [0.29, 0.717) is 12.3 Å². The van der Waals surface area contributed by atoms with Crippen LogP contribution in [0.15, 0.2) is 23.1 Å². The molecular weight excluding hydrogens is 268 g/mol. The minimum Gasteiger partial charge on any atom is -0.372 e. The fraction of sp³-hybridized carbons (Fsp3) is 0.417.